The summed E-state index contributed by atoms with van der Waals surface area (Å²) in [7, 11) is -3.18. The fourth-order valence-electron chi connectivity index (χ4n) is 2.59. The number of hydrogen-bond donors (Lipinski definition) is 1. The van der Waals surface area contributed by atoms with Gasteiger partial charge in [0, 0.05) is 38.5 Å². The lowest BCUT2D eigenvalue weighted by atomic mass is 10.0. The average Bonchev–Trinajstić information content (AvgIpc) is 2.45. The number of rotatable bonds is 5. The van der Waals surface area contributed by atoms with E-state index in [0.717, 1.165) is 31.7 Å². The lowest BCUT2D eigenvalue weighted by Crippen LogP contribution is -2.45. The third-order valence-electron chi connectivity index (χ3n) is 3.67. The molecular weight excluding hydrogens is 279 g/mol. The molecule has 112 valence electrons. The van der Waals surface area contributed by atoms with Crippen LogP contribution < -0.4 is 5.32 Å². The first kappa shape index (κ1) is 15.4. The van der Waals surface area contributed by atoms with E-state index in [0.29, 0.717) is 11.3 Å². The van der Waals surface area contributed by atoms with Crippen molar-refractivity contribution in [2.45, 2.75) is 17.4 Å². The van der Waals surface area contributed by atoms with Crippen molar-refractivity contribution in [1.82, 2.24) is 10.2 Å². The maximum atomic E-state index is 12.8. The van der Waals surface area contributed by atoms with E-state index in [4.69, 9.17) is 0 Å². The van der Waals surface area contributed by atoms with Gasteiger partial charge in [-0.25, -0.2) is 8.42 Å². The van der Waals surface area contributed by atoms with Gasteiger partial charge in [-0.05, 0) is 24.1 Å². The van der Waals surface area contributed by atoms with Crippen molar-refractivity contribution >= 4 is 9.84 Å². The number of nitrogens with zero attached hydrogens (tertiary/aromatic N) is 1. The molecule has 4 nitrogen and oxygen atoms in total. The Morgan fingerprint density at radius 2 is 1.85 bits per heavy atom. The number of piperazine rings is 1. The van der Waals surface area contributed by atoms with Crippen LogP contribution in [-0.2, 0) is 9.84 Å². The molecule has 1 N–H and O–H groups in total. The maximum absolute atomic E-state index is 12.8. The van der Waals surface area contributed by atoms with Crippen molar-refractivity contribution in [3.63, 3.8) is 0 Å². The van der Waals surface area contributed by atoms with Gasteiger partial charge in [-0.2, -0.15) is 0 Å². The minimum absolute atomic E-state index is 0.0238. The molecule has 1 aromatic rings. The van der Waals surface area contributed by atoms with Crippen LogP contribution in [-0.4, -0.2) is 52.4 Å². The molecule has 20 heavy (non-hydrogen) atoms. The molecule has 0 radical (unpaired) electrons. The van der Waals surface area contributed by atoms with Crippen molar-refractivity contribution in [1.29, 1.82) is 0 Å². The van der Waals surface area contributed by atoms with Crippen LogP contribution in [0, 0.1) is 0 Å². The van der Waals surface area contributed by atoms with Crippen molar-refractivity contribution in [3.8, 4) is 0 Å². The molecule has 1 fully saturated rings. The van der Waals surface area contributed by atoms with Crippen LogP contribution in [0.5, 0.6) is 0 Å². The van der Waals surface area contributed by atoms with Gasteiger partial charge in [-0.1, -0.05) is 12.1 Å². The molecular formula is C14H21FN2O2S. The summed E-state index contributed by atoms with van der Waals surface area (Å²) in [5.74, 6) is 0. The molecule has 1 saturated heterocycles. The molecule has 0 amide bonds. The second-order valence-corrected chi connectivity index (χ2v) is 7.14. The Labute approximate surface area is 119 Å². The monoisotopic (exact) mass is 300 g/mol. The smallest absolute Gasteiger partial charge is 0.175 e. The predicted octanol–water partition coefficient (Wildman–Crippen LogP) is 1.40. The van der Waals surface area contributed by atoms with Crippen LogP contribution in [0.4, 0.5) is 4.39 Å². The molecule has 0 saturated carbocycles. The summed E-state index contributed by atoms with van der Waals surface area (Å²) >= 11 is 0. The van der Waals surface area contributed by atoms with E-state index < -0.39 is 9.84 Å². The van der Waals surface area contributed by atoms with Gasteiger partial charge in [0.1, 0.15) is 0 Å². The Morgan fingerprint density at radius 1 is 1.25 bits per heavy atom. The van der Waals surface area contributed by atoms with E-state index in [1.165, 1.54) is 6.26 Å². The molecule has 1 atom stereocenters. The van der Waals surface area contributed by atoms with E-state index in [1.54, 1.807) is 24.3 Å². The highest BCUT2D eigenvalue weighted by atomic mass is 32.2. The highest BCUT2D eigenvalue weighted by Gasteiger charge is 2.22. The standard InChI is InChI=1S/C14H21FN2O2S/c1-20(18,19)13-4-2-12(3-5-13)14(6-7-15)17-10-8-16-9-11-17/h2-5,14,16H,6-11H2,1H3/t14-/m0/s1. The van der Waals surface area contributed by atoms with Gasteiger partial charge < -0.3 is 5.32 Å². The SMILES string of the molecule is CS(=O)(=O)c1ccc([C@H](CCF)N2CCNCC2)cc1. The fourth-order valence-corrected chi connectivity index (χ4v) is 3.22. The van der Waals surface area contributed by atoms with Crippen LogP contribution in [0.3, 0.4) is 0 Å². The van der Waals surface area contributed by atoms with E-state index >= 15 is 0 Å². The van der Waals surface area contributed by atoms with Gasteiger partial charge >= 0.3 is 0 Å². The zero-order valence-corrected chi connectivity index (χ0v) is 12.5. The lowest BCUT2D eigenvalue weighted by molar-refractivity contribution is 0.157. The largest absolute Gasteiger partial charge is 0.314 e. The van der Waals surface area contributed by atoms with Crippen LogP contribution in [0.2, 0.25) is 0 Å². The minimum atomic E-state index is -3.18. The Hall–Kier alpha value is -0.980. The zero-order chi connectivity index (χ0) is 14.6. The molecule has 1 aromatic carbocycles. The first-order chi connectivity index (χ1) is 9.52. The summed E-state index contributed by atoms with van der Waals surface area (Å²) in [6.45, 7) is 3.22. The number of sulfone groups is 1. The van der Waals surface area contributed by atoms with E-state index in [-0.39, 0.29) is 12.7 Å². The minimum Gasteiger partial charge on any atom is -0.314 e. The number of halogens is 1. The molecule has 2 rings (SSSR count). The Morgan fingerprint density at radius 3 is 2.35 bits per heavy atom. The molecule has 0 aliphatic carbocycles. The molecule has 0 bridgehead atoms. The van der Waals surface area contributed by atoms with E-state index in [1.807, 2.05) is 0 Å². The lowest BCUT2D eigenvalue weighted by Gasteiger charge is -2.35. The second kappa shape index (κ2) is 6.65. The summed E-state index contributed by atoms with van der Waals surface area (Å²) in [6, 6.07) is 6.85. The Balaban J connectivity index is 2.20. The van der Waals surface area contributed by atoms with E-state index in [2.05, 4.69) is 10.2 Å². The topological polar surface area (TPSA) is 49.4 Å². The Bertz CT molecular complexity index is 525. The van der Waals surface area contributed by atoms with Crippen molar-refractivity contribution in [3.05, 3.63) is 29.8 Å². The third-order valence-corrected chi connectivity index (χ3v) is 4.80. The quantitative estimate of drug-likeness (QED) is 0.893. The normalized spacial score (nSPS) is 18.9. The van der Waals surface area contributed by atoms with Crippen LogP contribution in [0.15, 0.2) is 29.2 Å². The highest BCUT2D eigenvalue weighted by molar-refractivity contribution is 7.90. The Kier molecular flexibility index (Phi) is 5.12. The summed E-state index contributed by atoms with van der Waals surface area (Å²) in [6.07, 6.45) is 1.63. The molecule has 0 unspecified atom stereocenters. The van der Waals surface area contributed by atoms with E-state index in [9.17, 15) is 12.8 Å². The maximum Gasteiger partial charge on any atom is 0.175 e. The van der Waals surface area contributed by atoms with Crippen LogP contribution >= 0.6 is 0 Å². The third kappa shape index (κ3) is 3.77. The summed E-state index contributed by atoms with van der Waals surface area (Å²) in [5, 5.41) is 3.28. The van der Waals surface area contributed by atoms with Gasteiger partial charge in [-0.15, -0.1) is 0 Å². The van der Waals surface area contributed by atoms with Crippen LogP contribution in [0.25, 0.3) is 0 Å². The molecule has 1 aliphatic rings. The zero-order valence-electron chi connectivity index (χ0n) is 11.7. The molecule has 1 aliphatic heterocycles. The molecule has 0 spiro atoms. The highest BCUT2D eigenvalue weighted by Crippen LogP contribution is 2.26. The number of benzene rings is 1. The van der Waals surface area contributed by atoms with Crippen molar-refractivity contribution < 1.29 is 12.8 Å². The first-order valence-electron chi connectivity index (χ1n) is 6.83. The van der Waals surface area contributed by atoms with Gasteiger partial charge in [0.05, 0.1) is 11.6 Å². The van der Waals surface area contributed by atoms with Gasteiger partial charge in [-0.3, -0.25) is 9.29 Å². The number of hydrogen-bond acceptors (Lipinski definition) is 4. The molecule has 6 heteroatoms. The van der Waals surface area contributed by atoms with Crippen molar-refractivity contribution in [2.75, 3.05) is 39.1 Å². The van der Waals surface area contributed by atoms with Gasteiger partial charge in [0.2, 0.25) is 0 Å². The average molecular weight is 300 g/mol. The van der Waals surface area contributed by atoms with Crippen molar-refractivity contribution in [2.24, 2.45) is 0 Å². The second-order valence-electron chi connectivity index (χ2n) is 5.12. The number of nitrogens with one attached hydrogen (secondary N) is 1. The number of alkyl halides is 1. The predicted molar refractivity (Wildman–Crippen MR) is 77.3 cm³/mol. The summed E-state index contributed by atoms with van der Waals surface area (Å²) < 4.78 is 35.7. The van der Waals surface area contributed by atoms with Gasteiger partial charge in [0.15, 0.2) is 9.84 Å². The fraction of sp³-hybridized carbons (Fsp3) is 0.571. The first-order valence-corrected chi connectivity index (χ1v) is 8.72. The summed E-state index contributed by atoms with van der Waals surface area (Å²) in [4.78, 5) is 2.56. The molecule has 1 heterocycles. The molecule has 0 aromatic heterocycles. The summed E-state index contributed by atoms with van der Waals surface area (Å²) in [5.41, 5.74) is 0.983. The van der Waals surface area contributed by atoms with Crippen LogP contribution in [0.1, 0.15) is 18.0 Å². The van der Waals surface area contributed by atoms with Gasteiger partial charge in [0.25, 0.3) is 0 Å².